The first-order valence-corrected chi connectivity index (χ1v) is 3.70. The van der Waals surface area contributed by atoms with Crippen LogP contribution in [0.5, 0.6) is 0 Å². The van der Waals surface area contributed by atoms with Gasteiger partial charge in [0.25, 0.3) is 0 Å². The minimum Gasteiger partial charge on any atom is -0.0613 e. The van der Waals surface area contributed by atoms with Crippen LogP contribution in [-0.4, -0.2) is 0 Å². The first-order chi connectivity index (χ1) is 4.97. The molecule has 0 fully saturated rings. The monoisotopic (exact) mass is 129 g/mol. The van der Waals surface area contributed by atoms with Crippen LogP contribution in [-0.2, 0) is 6.42 Å². The molecule has 3 radical (unpaired) electrons. The summed E-state index contributed by atoms with van der Waals surface area (Å²) in [5, 5.41) is 0. The fourth-order valence-electron chi connectivity index (χ4n) is 1.33. The Bertz CT molecular complexity index is 200. The summed E-state index contributed by atoms with van der Waals surface area (Å²) < 4.78 is 0. The number of hydrogen-bond acceptors (Lipinski definition) is 0. The molecule has 0 aliphatic heterocycles. The molecule has 0 aromatic heterocycles. The summed E-state index contributed by atoms with van der Waals surface area (Å²) >= 11 is 0. The molecule has 49 valence electrons. The van der Waals surface area contributed by atoms with Crippen LogP contribution < -0.4 is 0 Å². The zero-order valence-electron chi connectivity index (χ0n) is 5.85. The van der Waals surface area contributed by atoms with Gasteiger partial charge in [-0.1, -0.05) is 18.2 Å². The Morgan fingerprint density at radius 1 is 1.40 bits per heavy atom. The molecule has 0 amide bonds. The summed E-state index contributed by atoms with van der Waals surface area (Å²) in [6, 6.07) is 9.35. The molecule has 0 heteroatoms. The van der Waals surface area contributed by atoms with Crippen LogP contribution in [0.2, 0.25) is 0 Å². The second kappa shape index (κ2) is 2.45. The fraction of sp³-hybridized carbons (Fsp3) is 0.300. The Morgan fingerprint density at radius 3 is 3.30 bits per heavy atom. The number of hydrogen-bond donors (Lipinski definition) is 0. The predicted molar refractivity (Wildman–Crippen MR) is 40.6 cm³/mol. The third-order valence-electron chi connectivity index (χ3n) is 1.86. The van der Waals surface area contributed by atoms with E-state index in [9.17, 15) is 0 Å². The molecule has 2 rings (SSSR count). The van der Waals surface area contributed by atoms with Gasteiger partial charge in [-0.25, -0.2) is 0 Å². The Kier molecular flexibility index (Phi) is 1.46. The normalized spacial score (nSPS) is 16.4. The molecule has 0 saturated heterocycles. The SMILES string of the molecule is [C]1CCCc2[c]cccc21. The Morgan fingerprint density at radius 2 is 2.40 bits per heavy atom. The van der Waals surface area contributed by atoms with Crippen molar-refractivity contribution < 1.29 is 0 Å². The Balaban J connectivity index is 2.41. The van der Waals surface area contributed by atoms with Gasteiger partial charge in [-0.3, -0.25) is 0 Å². The second-order valence-corrected chi connectivity index (χ2v) is 2.59. The van der Waals surface area contributed by atoms with E-state index in [1.54, 1.807) is 0 Å². The van der Waals surface area contributed by atoms with E-state index in [2.05, 4.69) is 18.6 Å². The first kappa shape index (κ1) is 5.96. The van der Waals surface area contributed by atoms with Gasteiger partial charge in [0.1, 0.15) is 0 Å². The standard InChI is InChI=1S/C10H9/c1-2-6-10-8-4-3-7-9(10)5-1/h1-2,5H,3-4,8H2. The largest absolute Gasteiger partial charge is 0.0613 e. The summed E-state index contributed by atoms with van der Waals surface area (Å²) in [6.07, 6.45) is 6.87. The van der Waals surface area contributed by atoms with Crippen molar-refractivity contribution >= 4 is 0 Å². The van der Waals surface area contributed by atoms with E-state index in [0.717, 1.165) is 6.42 Å². The van der Waals surface area contributed by atoms with Gasteiger partial charge in [0.2, 0.25) is 0 Å². The van der Waals surface area contributed by atoms with Crippen molar-refractivity contribution in [3.8, 4) is 0 Å². The van der Waals surface area contributed by atoms with E-state index in [1.807, 2.05) is 12.1 Å². The number of aryl methyl sites for hydroxylation is 1. The van der Waals surface area contributed by atoms with Crippen LogP contribution >= 0.6 is 0 Å². The highest BCUT2D eigenvalue weighted by Gasteiger charge is 2.07. The summed E-state index contributed by atoms with van der Waals surface area (Å²) in [6.45, 7) is 0. The molecule has 10 heavy (non-hydrogen) atoms. The molecule has 1 aliphatic carbocycles. The molecule has 0 spiro atoms. The van der Waals surface area contributed by atoms with Crippen molar-refractivity contribution in [1.29, 1.82) is 0 Å². The van der Waals surface area contributed by atoms with Gasteiger partial charge in [0.05, 0.1) is 0 Å². The zero-order chi connectivity index (χ0) is 6.81. The highest BCUT2D eigenvalue weighted by Crippen LogP contribution is 2.20. The zero-order valence-corrected chi connectivity index (χ0v) is 5.85. The smallest absolute Gasteiger partial charge is 0.0168 e. The summed E-state index contributed by atoms with van der Waals surface area (Å²) in [5.74, 6) is 0. The summed E-state index contributed by atoms with van der Waals surface area (Å²) in [7, 11) is 0. The van der Waals surface area contributed by atoms with Gasteiger partial charge in [0, 0.05) is 6.42 Å². The van der Waals surface area contributed by atoms with Gasteiger partial charge in [0.15, 0.2) is 0 Å². The summed E-state index contributed by atoms with van der Waals surface area (Å²) in [5.41, 5.74) is 2.61. The lowest BCUT2D eigenvalue weighted by Crippen LogP contribution is -1.99. The van der Waals surface area contributed by atoms with Gasteiger partial charge in [-0.05, 0) is 36.5 Å². The first-order valence-electron chi connectivity index (χ1n) is 3.70. The van der Waals surface area contributed by atoms with Crippen LogP contribution in [0, 0.1) is 12.5 Å². The number of fused-ring (bicyclic) bond motifs is 1. The van der Waals surface area contributed by atoms with Crippen LogP contribution in [0.3, 0.4) is 0 Å². The van der Waals surface area contributed by atoms with E-state index in [4.69, 9.17) is 0 Å². The van der Waals surface area contributed by atoms with Crippen LogP contribution in [0.1, 0.15) is 24.0 Å². The molecule has 1 aromatic rings. The molecule has 0 N–H and O–H groups in total. The fourth-order valence-corrected chi connectivity index (χ4v) is 1.33. The quantitative estimate of drug-likeness (QED) is 0.504. The molecule has 0 saturated carbocycles. The topological polar surface area (TPSA) is 0 Å². The maximum Gasteiger partial charge on any atom is 0.0168 e. The lowest BCUT2D eigenvalue weighted by Gasteiger charge is -2.12. The molecular weight excluding hydrogens is 120 g/mol. The van der Waals surface area contributed by atoms with Gasteiger partial charge >= 0.3 is 0 Å². The van der Waals surface area contributed by atoms with Crippen molar-refractivity contribution in [2.75, 3.05) is 0 Å². The highest BCUT2D eigenvalue weighted by atomic mass is 14.1. The van der Waals surface area contributed by atoms with Crippen molar-refractivity contribution in [1.82, 2.24) is 0 Å². The van der Waals surface area contributed by atoms with E-state index >= 15 is 0 Å². The number of benzene rings is 1. The molecule has 1 aromatic carbocycles. The minimum atomic E-state index is 1.12. The Labute approximate surface area is 61.9 Å². The highest BCUT2D eigenvalue weighted by molar-refractivity contribution is 5.33. The van der Waals surface area contributed by atoms with Crippen LogP contribution in [0.4, 0.5) is 0 Å². The van der Waals surface area contributed by atoms with Crippen molar-refractivity contribution in [2.45, 2.75) is 19.3 Å². The molecule has 0 nitrogen and oxygen atoms in total. The average Bonchev–Trinajstić information content (AvgIpc) is 2.05. The van der Waals surface area contributed by atoms with E-state index in [1.165, 1.54) is 24.0 Å². The van der Waals surface area contributed by atoms with E-state index < -0.39 is 0 Å². The molecule has 1 aliphatic rings. The molecular formula is C10H9. The number of rotatable bonds is 0. The van der Waals surface area contributed by atoms with E-state index in [-0.39, 0.29) is 0 Å². The maximum absolute atomic E-state index is 3.33. The lowest BCUT2D eigenvalue weighted by atomic mass is 9.92. The second-order valence-electron chi connectivity index (χ2n) is 2.59. The van der Waals surface area contributed by atoms with Crippen LogP contribution in [0.15, 0.2) is 18.2 Å². The molecule has 0 heterocycles. The lowest BCUT2D eigenvalue weighted by molar-refractivity contribution is 0.774. The van der Waals surface area contributed by atoms with Gasteiger partial charge in [-0.15, -0.1) is 0 Å². The summed E-state index contributed by atoms with van der Waals surface area (Å²) in [4.78, 5) is 0. The van der Waals surface area contributed by atoms with Crippen LogP contribution in [0.25, 0.3) is 0 Å². The van der Waals surface area contributed by atoms with E-state index in [0.29, 0.717) is 0 Å². The van der Waals surface area contributed by atoms with Crippen molar-refractivity contribution in [3.63, 3.8) is 0 Å². The molecule has 0 unspecified atom stereocenters. The average molecular weight is 129 g/mol. The molecule has 0 atom stereocenters. The van der Waals surface area contributed by atoms with Gasteiger partial charge in [-0.2, -0.15) is 0 Å². The third kappa shape index (κ3) is 0.942. The minimum absolute atomic E-state index is 1.12. The predicted octanol–water partition coefficient (Wildman–Crippen LogP) is 2.25. The molecule has 0 bridgehead atoms. The van der Waals surface area contributed by atoms with Gasteiger partial charge < -0.3 is 0 Å². The Hall–Kier alpha value is -0.780. The third-order valence-corrected chi connectivity index (χ3v) is 1.86. The van der Waals surface area contributed by atoms with Crippen molar-refractivity contribution in [2.24, 2.45) is 0 Å². The van der Waals surface area contributed by atoms with Crippen molar-refractivity contribution in [3.05, 3.63) is 41.8 Å². The maximum atomic E-state index is 3.33.